The summed E-state index contributed by atoms with van der Waals surface area (Å²) in [4.78, 5) is 11.9. The van der Waals surface area contributed by atoms with Crippen LogP contribution in [0.2, 0.25) is 0 Å². The fourth-order valence-electron chi connectivity index (χ4n) is 2.05. The van der Waals surface area contributed by atoms with Crippen molar-refractivity contribution in [1.82, 2.24) is 5.32 Å². The third-order valence-electron chi connectivity index (χ3n) is 3.33. The molecule has 2 N–H and O–H groups in total. The zero-order valence-electron chi connectivity index (χ0n) is 12.8. The van der Waals surface area contributed by atoms with Gasteiger partial charge in [0, 0.05) is 20.1 Å². The van der Waals surface area contributed by atoms with Crippen LogP contribution in [0, 0.1) is 6.92 Å². The van der Waals surface area contributed by atoms with Gasteiger partial charge in [-0.2, -0.15) is 0 Å². The van der Waals surface area contributed by atoms with Gasteiger partial charge in [0.2, 0.25) is 5.91 Å². The second kappa shape index (κ2) is 7.41. The Morgan fingerprint density at radius 1 is 1.35 bits per heavy atom. The minimum absolute atomic E-state index is 0.0641. The summed E-state index contributed by atoms with van der Waals surface area (Å²) in [6.07, 6.45) is -0.276. The van der Waals surface area contributed by atoms with Gasteiger partial charge in [0.1, 0.15) is 0 Å². The van der Waals surface area contributed by atoms with Crippen LogP contribution >= 0.6 is 0 Å². The predicted molar refractivity (Wildman–Crippen MR) is 79.7 cm³/mol. The fraction of sp³-hybridized carbons (Fsp3) is 0.562. The second-order valence-electron chi connectivity index (χ2n) is 5.84. The minimum atomic E-state index is -0.661. The van der Waals surface area contributed by atoms with E-state index in [2.05, 4.69) is 29.6 Å². The summed E-state index contributed by atoms with van der Waals surface area (Å²) >= 11 is 0. The van der Waals surface area contributed by atoms with Crippen molar-refractivity contribution < 1.29 is 14.6 Å². The van der Waals surface area contributed by atoms with Gasteiger partial charge in [-0.1, -0.05) is 43.7 Å². The lowest BCUT2D eigenvalue weighted by Gasteiger charge is -2.25. The first-order valence-electron chi connectivity index (χ1n) is 6.86. The Bertz CT molecular complexity index is 426. The molecule has 0 aliphatic rings. The molecule has 0 bridgehead atoms. The number of aliphatic hydroxyl groups is 1. The monoisotopic (exact) mass is 279 g/mol. The van der Waals surface area contributed by atoms with E-state index >= 15 is 0 Å². The summed E-state index contributed by atoms with van der Waals surface area (Å²) in [7, 11) is 1.52. The first-order valence-corrected chi connectivity index (χ1v) is 6.86. The summed E-state index contributed by atoms with van der Waals surface area (Å²) in [6, 6.07) is 8.22. The topological polar surface area (TPSA) is 58.6 Å². The number of nitrogens with one attached hydrogen (secondary N) is 1. The molecule has 4 heteroatoms. The molecule has 0 saturated carbocycles. The van der Waals surface area contributed by atoms with Crippen LogP contribution in [0.5, 0.6) is 0 Å². The van der Waals surface area contributed by atoms with Gasteiger partial charge >= 0.3 is 0 Å². The van der Waals surface area contributed by atoms with Crippen molar-refractivity contribution >= 4 is 5.91 Å². The molecule has 1 amide bonds. The molecule has 1 aromatic carbocycles. The Morgan fingerprint density at radius 3 is 2.50 bits per heavy atom. The van der Waals surface area contributed by atoms with E-state index in [1.165, 1.54) is 12.7 Å². The van der Waals surface area contributed by atoms with Crippen molar-refractivity contribution in [3.05, 3.63) is 35.4 Å². The highest BCUT2D eigenvalue weighted by Crippen LogP contribution is 2.27. The largest absolute Gasteiger partial charge is 0.389 e. The molecular weight excluding hydrogens is 254 g/mol. The molecule has 20 heavy (non-hydrogen) atoms. The van der Waals surface area contributed by atoms with E-state index in [9.17, 15) is 9.90 Å². The lowest BCUT2D eigenvalue weighted by atomic mass is 9.81. The molecule has 0 fully saturated rings. The van der Waals surface area contributed by atoms with Crippen molar-refractivity contribution in [2.45, 2.75) is 38.7 Å². The Hall–Kier alpha value is -1.39. The van der Waals surface area contributed by atoms with Gasteiger partial charge in [0.05, 0.1) is 12.7 Å². The molecule has 1 unspecified atom stereocenters. The van der Waals surface area contributed by atoms with Gasteiger partial charge in [0.25, 0.3) is 0 Å². The molecule has 0 heterocycles. The number of hydrogen-bond donors (Lipinski definition) is 2. The molecule has 0 aliphatic heterocycles. The average molecular weight is 279 g/mol. The van der Waals surface area contributed by atoms with Crippen LogP contribution in [-0.4, -0.2) is 37.4 Å². The van der Waals surface area contributed by atoms with Gasteiger partial charge in [-0.25, -0.2) is 0 Å². The lowest BCUT2D eigenvalue weighted by Crippen LogP contribution is -2.37. The molecular formula is C16H25NO3. The Labute approximate surface area is 121 Å². The Morgan fingerprint density at radius 2 is 1.95 bits per heavy atom. The van der Waals surface area contributed by atoms with E-state index in [1.54, 1.807) is 0 Å². The summed E-state index contributed by atoms with van der Waals surface area (Å²) in [5.74, 6) is -0.0641. The van der Waals surface area contributed by atoms with Gasteiger partial charge in [0.15, 0.2) is 0 Å². The van der Waals surface area contributed by atoms with Gasteiger partial charge < -0.3 is 15.2 Å². The van der Waals surface area contributed by atoms with Gasteiger partial charge in [-0.15, -0.1) is 0 Å². The Balaban J connectivity index is 2.53. The van der Waals surface area contributed by atoms with Crippen LogP contribution in [0.4, 0.5) is 0 Å². The number of rotatable bonds is 7. The van der Waals surface area contributed by atoms with Crippen LogP contribution < -0.4 is 5.32 Å². The van der Waals surface area contributed by atoms with E-state index in [1.807, 2.05) is 20.8 Å². The number of aryl methyl sites for hydroxylation is 1. The average Bonchev–Trinajstić information content (AvgIpc) is 2.37. The van der Waals surface area contributed by atoms with Crippen molar-refractivity contribution in [1.29, 1.82) is 0 Å². The molecule has 112 valence electrons. The van der Waals surface area contributed by atoms with E-state index < -0.39 is 6.10 Å². The first-order chi connectivity index (χ1) is 9.35. The minimum Gasteiger partial charge on any atom is -0.389 e. The molecule has 0 saturated heterocycles. The van der Waals surface area contributed by atoms with Crippen molar-refractivity contribution in [2.24, 2.45) is 0 Å². The zero-order chi connectivity index (χ0) is 15.2. The molecule has 1 atom stereocenters. The molecule has 0 spiro atoms. The van der Waals surface area contributed by atoms with Gasteiger partial charge in [-0.05, 0) is 17.9 Å². The second-order valence-corrected chi connectivity index (χ2v) is 5.84. The molecule has 1 rings (SSSR count). The van der Waals surface area contributed by atoms with Crippen LogP contribution in [0.1, 0.15) is 31.4 Å². The quantitative estimate of drug-likeness (QED) is 0.800. The first kappa shape index (κ1) is 16.7. The molecule has 0 radical (unpaired) electrons. The number of benzene rings is 1. The SMILES string of the molecule is COCC(O)CNC(=O)CC(C)(C)c1ccc(C)cc1. The smallest absolute Gasteiger partial charge is 0.220 e. The number of carbonyl (C=O) groups excluding carboxylic acids is 1. The van der Waals surface area contributed by atoms with Crippen LogP contribution in [-0.2, 0) is 14.9 Å². The molecule has 0 aromatic heterocycles. The fourth-order valence-corrected chi connectivity index (χ4v) is 2.05. The number of ether oxygens (including phenoxy) is 1. The van der Waals surface area contributed by atoms with E-state index in [0.29, 0.717) is 6.42 Å². The van der Waals surface area contributed by atoms with Crippen LogP contribution in [0.25, 0.3) is 0 Å². The van der Waals surface area contributed by atoms with Crippen molar-refractivity contribution in [3.63, 3.8) is 0 Å². The maximum absolute atomic E-state index is 11.9. The third-order valence-corrected chi connectivity index (χ3v) is 3.33. The maximum Gasteiger partial charge on any atom is 0.220 e. The number of carbonyl (C=O) groups is 1. The summed E-state index contributed by atoms with van der Waals surface area (Å²) < 4.78 is 4.82. The number of amides is 1. The van der Waals surface area contributed by atoms with Crippen LogP contribution in [0.3, 0.4) is 0 Å². The highest BCUT2D eigenvalue weighted by atomic mass is 16.5. The van der Waals surface area contributed by atoms with E-state index in [-0.39, 0.29) is 24.5 Å². The van der Waals surface area contributed by atoms with Gasteiger partial charge in [-0.3, -0.25) is 4.79 Å². The van der Waals surface area contributed by atoms with Crippen molar-refractivity contribution in [2.75, 3.05) is 20.3 Å². The standard InChI is InChI=1S/C16H25NO3/c1-12-5-7-13(8-6-12)16(2,3)9-15(19)17-10-14(18)11-20-4/h5-8,14,18H,9-11H2,1-4H3,(H,17,19). The summed E-state index contributed by atoms with van der Waals surface area (Å²) in [5.41, 5.74) is 2.11. The highest BCUT2D eigenvalue weighted by Gasteiger charge is 2.24. The summed E-state index contributed by atoms with van der Waals surface area (Å²) in [6.45, 7) is 6.57. The van der Waals surface area contributed by atoms with E-state index in [4.69, 9.17) is 4.74 Å². The third kappa shape index (κ3) is 5.31. The van der Waals surface area contributed by atoms with Crippen molar-refractivity contribution in [3.8, 4) is 0 Å². The molecule has 1 aromatic rings. The number of hydrogen-bond acceptors (Lipinski definition) is 3. The highest BCUT2D eigenvalue weighted by molar-refractivity contribution is 5.77. The number of aliphatic hydroxyl groups excluding tert-OH is 1. The maximum atomic E-state index is 11.9. The predicted octanol–water partition coefficient (Wildman–Crippen LogP) is 1.79. The van der Waals surface area contributed by atoms with Crippen LogP contribution in [0.15, 0.2) is 24.3 Å². The molecule has 4 nitrogen and oxygen atoms in total. The molecule has 0 aliphatic carbocycles. The van der Waals surface area contributed by atoms with E-state index in [0.717, 1.165) is 5.56 Å². The number of methoxy groups -OCH3 is 1. The Kier molecular flexibility index (Phi) is 6.17. The summed E-state index contributed by atoms with van der Waals surface area (Å²) in [5, 5.41) is 12.2. The zero-order valence-corrected chi connectivity index (χ0v) is 12.8. The lowest BCUT2D eigenvalue weighted by molar-refractivity contribution is -0.122. The normalized spacial score (nSPS) is 13.1.